The predicted molar refractivity (Wildman–Crippen MR) is 72.0 cm³/mol. The number of aromatic nitrogens is 3. The summed E-state index contributed by atoms with van der Waals surface area (Å²) in [5.74, 6) is 1.43. The largest absolute Gasteiger partial charge is 0.269 e. The van der Waals surface area contributed by atoms with Crippen LogP contribution >= 0.6 is 11.6 Å². The van der Waals surface area contributed by atoms with E-state index in [4.69, 9.17) is 11.6 Å². The molecule has 1 heterocycles. The van der Waals surface area contributed by atoms with E-state index < -0.39 is 4.92 Å². The van der Waals surface area contributed by atoms with Crippen molar-refractivity contribution in [3.05, 3.63) is 40.7 Å². The van der Waals surface area contributed by atoms with E-state index in [1.165, 1.54) is 12.1 Å². The molecule has 0 radical (unpaired) electrons. The molecule has 0 bridgehead atoms. The third kappa shape index (κ3) is 3.29. The van der Waals surface area contributed by atoms with Crippen molar-refractivity contribution in [2.24, 2.45) is 5.92 Å². The fourth-order valence-electron chi connectivity index (χ4n) is 1.62. The maximum absolute atomic E-state index is 10.6. The van der Waals surface area contributed by atoms with Gasteiger partial charge in [-0.1, -0.05) is 6.92 Å². The van der Waals surface area contributed by atoms with E-state index in [9.17, 15) is 10.1 Å². The number of nitro benzene ring substituents is 1. The molecule has 2 aromatic rings. The Bertz CT molecular complexity index is 567. The maximum atomic E-state index is 10.6. The zero-order valence-electron chi connectivity index (χ0n) is 10.4. The molecule has 1 unspecified atom stereocenters. The number of benzene rings is 1. The zero-order chi connectivity index (χ0) is 13.8. The molecule has 1 aromatic heterocycles. The van der Waals surface area contributed by atoms with Gasteiger partial charge in [-0.2, -0.15) is 5.10 Å². The third-order valence-corrected chi connectivity index (χ3v) is 3.16. The van der Waals surface area contributed by atoms with E-state index >= 15 is 0 Å². The fraction of sp³-hybridized carbons (Fsp3) is 0.333. The number of hydrogen-bond acceptors (Lipinski definition) is 4. The highest BCUT2D eigenvalue weighted by Gasteiger charge is 2.09. The molecule has 0 saturated carbocycles. The summed E-state index contributed by atoms with van der Waals surface area (Å²) >= 11 is 5.75. The first-order valence-corrected chi connectivity index (χ1v) is 6.34. The van der Waals surface area contributed by atoms with Crippen molar-refractivity contribution in [2.75, 3.05) is 5.88 Å². The fourth-order valence-corrected chi connectivity index (χ4v) is 1.71. The van der Waals surface area contributed by atoms with Gasteiger partial charge < -0.3 is 0 Å². The Morgan fingerprint density at radius 2 is 2.11 bits per heavy atom. The highest BCUT2D eigenvalue weighted by molar-refractivity contribution is 6.18. The van der Waals surface area contributed by atoms with Crippen LogP contribution in [0, 0.1) is 16.0 Å². The molecule has 2 rings (SSSR count). The summed E-state index contributed by atoms with van der Waals surface area (Å²) in [6.07, 6.45) is 1.64. The maximum Gasteiger partial charge on any atom is 0.269 e. The van der Waals surface area contributed by atoms with Crippen molar-refractivity contribution < 1.29 is 4.92 Å². The van der Waals surface area contributed by atoms with Crippen LogP contribution in [-0.4, -0.2) is 25.6 Å². The average molecular weight is 281 g/mol. The lowest BCUT2D eigenvalue weighted by molar-refractivity contribution is -0.384. The molecule has 7 heteroatoms. The van der Waals surface area contributed by atoms with Gasteiger partial charge >= 0.3 is 0 Å². The SMILES string of the molecule is CC(CCl)Cn1cnc(-c2ccc([N+](=O)[O-])cc2)n1. The van der Waals surface area contributed by atoms with Gasteiger partial charge in [0.05, 0.1) is 4.92 Å². The van der Waals surface area contributed by atoms with Crippen molar-refractivity contribution in [2.45, 2.75) is 13.5 Å². The number of hydrogen-bond donors (Lipinski definition) is 0. The van der Waals surface area contributed by atoms with Crippen LogP contribution in [-0.2, 0) is 6.54 Å². The van der Waals surface area contributed by atoms with Crippen molar-refractivity contribution in [1.29, 1.82) is 0 Å². The molecular weight excluding hydrogens is 268 g/mol. The topological polar surface area (TPSA) is 73.8 Å². The molecule has 1 atom stereocenters. The van der Waals surface area contributed by atoms with Crippen molar-refractivity contribution >= 4 is 17.3 Å². The van der Waals surface area contributed by atoms with Crippen molar-refractivity contribution in [1.82, 2.24) is 14.8 Å². The van der Waals surface area contributed by atoms with Crippen LogP contribution in [0.15, 0.2) is 30.6 Å². The van der Waals surface area contributed by atoms with Gasteiger partial charge in [-0.15, -0.1) is 11.6 Å². The molecule has 0 fully saturated rings. The number of alkyl halides is 1. The Kier molecular flexibility index (Phi) is 4.11. The standard InChI is InChI=1S/C12H13ClN4O2/c1-9(6-13)7-16-8-14-12(15-16)10-2-4-11(5-3-10)17(18)19/h2-5,8-9H,6-7H2,1H3. The van der Waals surface area contributed by atoms with Gasteiger partial charge in [0.2, 0.25) is 0 Å². The van der Waals surface area contributed by atoms with Gasteiger partial charge in [0, 0.05) is 30.1 Å². The predicted octanol–water partition coefficient (Wildman–Crippen LogP) is 2.73. The van der Waals surface area contributed by atoms with Crippen molar-refractivity contribution in [3.8, 4) is 11.4 Å². The number of rotatable bonds is 5. The summed E-state index contributed by atoms with van der Waals surface area (Å²) in [5, 5.41) is 14.9. The summed E-state index contributed by atoms with van der Waals surface area (Å²) in [7, 11) is 0. The molecule has 19 heavy (non-hydrogen) atoms. The van der Waals surface area contributed by atoms with E-state index in [-0.39, 0.29) is 5.69 Å². The minimum absolute atomic E-state index is 0.0546. The van der Waals surface area contributed by atoms with Gasteiger partial charge in [-0.3, -0.25) is 14.8 Å². The first kappa shape index (κ1) is 13.5. The van der Waals surface area contributed by atoms with E-state index in [2.05, 4.69) is 10.1 Å². The Hall–Kier alpha value is -1.95. The van der Waals surface area contributed by atoms with Gasteiger partial charge in [0.25, 0.3) is 5.69 Å². The summed E-state index contributed by atoms with van der Waals surface area (Å²) in [5.41, 5.74) is 0.807. The lowest BCUT2D eigenvalue weighted by Crippen LogP contribution is -2.09. The summed E-state index contributed by atoms with van der Waals surface area (Å²) in [4.78, 5) is 14.3. The molecule has 0 aliphatic carbocycles. The lowest BCUT2D eigenvalue weighted by Gasteiger charge is -2.05. The molecule has 0 saturated heterocycles. The summed E-state index contributed by atoms with van der Waals surface area (Å²) < 4.78 is 1.73. The van der Waals surface area contributed by atoms with Gasteiger partial charge in [0.15, 0.2) is 5.82 Å². The zero-order valence-corrected chi connectivity index (χ0v) is 11.1. The highest BCUT2D eigenvalue weighted by Crippen LogP contribution is 2.19. The van der Waals surface area contributed by atoms with Crippen LogP contribution in [0.25, 0.3) is 11.4 Å². The summed E-state index contributed by atoms with van der Waals surface area (Å²) in [6.45, 7) is 2.73. The quantitative estimate of drug-likeness (QED) is 0.479. The normalized spacial score (nSPS) is 12.3. The van der Waals surface area contributed by atoms with E-state index in [0.29, 0.717) is 24.2 Å². The first-order chi connectivity index (χ1) is 9.10. The molecule has 0 spiro atoms. The second kappa shape index (κ2) is 5.79. The Balaban J connectivity index is 2.16. The van der Waals surface area contributed by atoms with Crippen LogP contribution < -0.4 is 0 Å². The Labute approximate surface area is 115 Å². The minimum atomic E-state index is -0.433. The van der Waals surface area contributed by atoms with Gasteiger partial charge in [0.1, 0.15) is 6.33 Å². The van der Waals surface area contributed by atoms with Crippen LogP contribution in [0.5, 0.6) is 0 Å². The van der Waals surface area contributed by atoms with Gasteiger partial charge in [-0.05, 0) is 18.1 Å². The lowest BCUT2D eigenvalue weighted by atomic mass is 10.2. The van der Waals surface area contributed by atoms with E-state index in [0.717, 1.165) is 5.56 Å². The molecule has 0 aliphatic heterocycles. The molecule has 0 N–H and O–H groups in total. The Morgan fingerprint density at radius 1 is 1.42 bits per heavy atom. The number of nitro groups is 1. The smallest absolute Gasteiger partial charge is 0.258 e. The van der Waals surface area contributed by atoms with E-state index in [1.807, 2.05) is 6.92 Å². The van der Waals surface area contributed by atoms with Crippen LogP contribution in [0.4, 0.5) is 5.69 Å². The highest BCUT2D eigenvalue weighted by atomic mass is 35.5. The number of halogens is 1. The molecule has 0 aliphatic rings. The second-order valence-corrected chi connectivity index (χ2v) is 4.66. The van der Waals surface area contributed by atoms with Gasteiger partial charge in [-0.25, -0.2) is 4.98 Å². The number of non-ortho nitro benzene ring substituents is 1. The third-order valence-electron chi connectivity index (χ3n) is 2.63. The Morgan fingerprint density at radius 3 is 2.68 bits per heavy atom. The molecule has 6 nitrogen and oxygen atoms in total. The first-order valence-electron chi connectivity index (χ1n) is 5.80. The van der Waals surface area contributed by atoms with Crippen LogP contribution in [0.2, 0.25) is 0 Å². The molecular formula is C12H13ClN4O2. The monoisotopic (exact) mass is 280 g/mol. The molecule has 0 amide bonds. The average Bonchev–Trinajstić information content (AvgIpc) is 2.87. The van der Waals surface area contributed by atoms with Crippen molar-refractivity contribution in [3.63, 3.8) is 0 Å². The second-order valence-electron chi connectivity index (χ2n) is 4.35. The molecule has 100 valence electrons. The minimum Gasteiger partial charge on any atom is -0.258 e. The molecule has 1 aromatic carbocycles. The van der Waals surface area contributed by atoms with Crippen LogP contribution in [0.1, 0.15) is 6.92 Å². The van der Waals surface area contributed by atoms with E-state index in [1.54, 1.807) is 23.1 Å². The summed E-state index contributed by atoms with van der Waals surface area (Å²) in [6, 6.07) is 6.17. The van der Waals surface area contributed by atoms with Crippen LogP contribution in [0.3, 0.4) is 0 Å². The number of nitrogens with zero attached hydrogens (tertiary/aromatic N) is 4.